The van der Waals surface area contributed by atoms with Crippen molar-refractivity contribution in [1.29, 1.82) is 0 Å². The summed E-state index contributed by atoms with van der Waals surface area (Å²) in [5, 5.41) is 0.487. The minimum Gasteiger partial charge on any atom is -0.430 e. The molecule has 0 N–H and O–H groups in total. The van der Waals surface area contributed by atoms with Crippen molar-refractivity contribution in [2.75, 3.05) is 0 Å². The largest absolute Gasteiger partial charge is 0.534 e. The smallest absolute Gasteiger partial charge is 0.430 e. The zero-order chi connectivity index (χ0) is 13.5. The van der Waals surface area contributed by atoms with E-state index in [4.69, 9.17) is 4.74 Å². The number of hydroxylamine groups is 2. The molecule has 2 amide bonds. The number of carbonyl (C=O) groups excluding carboxylic acids is 3. The number of carbonyl (C=O) groups is 3. The SMILES string of the molecule is CCCCCC(C)OC(=O)ON1C(=O)CCC1=O. The lowest BCUT2D eigenvalue weighted by molar-refractivity contribution is -0.178. The maximum Gasteiger partial charge on any atom is 0.534 e. The summed E-state index contributed by atoms with van der Waals surface area (Å²) in [5.41, 5.74) is 0. The first-order chi connectivity index (χ1) is 8.54. The molecule has 1 fully saturated rings. The first-order valence-corrected chi connectivity index (χ1v) is 6.29. The van der Waals surface area contributed by atoms with Gasteiger partial charge in [-0.2, -0.15) is 0 Å². The van der Waals surface area contributed by atoms with Crippen LogP contribution in [0.4, 0.5) is 4.79 Å². The first-order valence-electron chi connectivity index (χ1n) is 6.29. The molecule has 1 aliphatic heterocycles. The van der Waals surface area contributed by atoms with Crippen LogP contribution in [0.15, 0.2) is 0 Å². The lowest BCUT2D eigenvalue weighted by Crippen LogP contribution is -2.33. The molecule has 1 saturated heterocycles. The minimum absolute atomic E-state index is 0.0815. The van der Waals surface area contributed by atoms with Gasteiger partial charge in [-0.3, -0.25) is 14.4 Å². The Kier molecular flexibility index (Phi) is 5.61. The quantitative estimate of drug-likeness (QED) is 0.414. The van der Waals surface area contributed by atoms with Crippen LogP contribution in [0.3, 0.4) is 0 Å². The third kappa shape index (κ3) is 4.35. The highest BCUT2D eigenvalue weighted by Crippen LogP contribution is 2.14. The van der Waals surface area contributed by atoms with Crippen molar-refractivity contribution in [2.45, 2.75) is 58.5 Å². The van der Waals surface area contributed by atoms with E-state index >= 15 is 0 Å². The van der Waals surface area contributed by atoms with E-state index in [0.29, 0.717) is 5.06 Å². The highest BCUT2D eigenvalue weighted by molar-refractivity contribution is 6.01. The molecule has 6 heteroatoms. The van der Waals surface area contributed by atoms with Crippen LogP contribution < -0.4 is 0 Å². The fourth-order valence-electron chi connectivity index (χ4n) is 1.66. The molecule has 18 heavy (non-hydrogen) atoms. The molecule has 0 spiro atoms. The second-order valence-corrected chi connectivity index (χ2v) is 4.35. The topological polar surface area (TPSA) is 72.9 Å². The number of imide groups is 1. The van der Waals surface area contributed by atoms with Gasteiger partial charge in [0.2, 0.25) is 0 Å². The van der Waals surface area contributed by atoms with E-state index in [1.807, 2.05) is 0 Å². The van der Waals surface area contributed by atoms with Crippen LogP contribution in [0.1, 0.15) is 52.4 Å². The third-order valence-corrected chi connectivity index (χ3v) is 2.68. The molecule has 0 radical (unpaired) electrons. The van der Waals surface area contributed by atoms with Gasteiger partial charge in [0, 0.05) is 12.8 Å². The van der Waals surface area contributed by atoms with Crippen LogP contribution in [-0.4, -0.2) is 29.1 Å². The third-order valence-electron chi connectivity index (χ3n) is 2.68. The Bertz CT molecular complexity index is 312. The van der Waals surface area contributed by atoms with E-state index in [0.717, 1.165) is 25.7 Å². The number of hydrogen-bond donors (Lipinski definition) is 0. The summed E-state index contributed by atoms with van der Waals surface area (Å²) in [6.07, 6.45) is 2.76. The van der Waals surface area contributed by atoms with E-state index in [-0.39, 0.29) is 18.9 Å². The molecule has 1 atom stereocenters. The Labute approximate surface area is 106 Å². The predicted octanol–water partition coefficient (Wildman–Crippen LogP) is 2.17. The van der Waals surface area contributed by atoms with E-state index in [9.17, 15) is 14.4 Å². The van der Waals surface area contributed by atoms with Gasteiger partial charge in [0.1, 0.15) is 6.10 Å². The van der Waals surface area contributed by atoms with Gasteiger partial charge in [-0.05, 0) is 19.8 Å². The Morgan fingerprint density at radius 2 is 1.89 bits per heavy atom. The molecular weight excluding hydrogens is 238 g/mol. The lowest BCUT2D eigenvalue weighted by atomic mass is 10.1. The molecule has 1 rings (SSSR count). The number of ether oxygens (including phenoxy) is 1. The summed E-state index contributed by atoms with van der Waals surface area (Å²) in [5.74, 6) is -1.01. The summed E-state index contributed by atoms with van der Waals surface area (Å²) in [7, 11) is 0. The van der Waals surface area contributed by atoms with E-state index in [1.54, 1.807) is 6.92 Å². The van der Waals surface area contributed by atoms with Crippen LogP contribution in [0.25, 0.3) is 0 Å². The fraction of sp³-hybridized carbons (Fsp3) is 0.750. The van der Waals surface area contributed by atoms with Crippen LogP contribution in [0.5, 0.6) is 0 Å². The van der Waals surface area contributed by atoms with Crippen LogP contribution in [0, 0.1) is 0 Å². The number of hydrogen-bond acceptors (Lipinski definition) is 5. The summed E-state index contributed by atoms with van der Waals surface area (Å²) < 4.78 is 4.95. The molecule has 0 aromatic carbocycles. The maximum absolute atomic E-state index is 11.3. The van der Waals surface area contributed by atoms with Gasteiger partial charge in [-0.1, -0.05) is 24.8 Å². The highest BCUT2D eigenvalue weighted by atomic mass is 16.8. The van der Waals surface area contributed by atoms with Gasteiger partial charge in [-0.15, -0.1) is 0 Å². The molecule has 0 aliphatic carbocycles. The van der Waals surface area contributed by atoms with Crippen molar-refractivity contribution in [2.24, 2.45) is 0 Å². The lowest BCUT2D eigenvalue weighted by Gasteiger charge is -2.15. The Balaban J connectivity index is 2.28. The number of unbranched alkanes of at least 4 members (excludes halogenated alkanes) is 2. The van der Waals surface area contributed by atoms with Crippen LogP contribution in [-0.2, 0) is 19.2 Å². The van der Waals surface area contributed by atoms with Crippen LogP contribution in [0.2, 0.25) is 0 Å². The second-order valence-electron chi connectivity index (χ2n) is 4.35. The predicted molar refractivity (Wildman–Crippen MR) is 62.3 cm³/mol. The molecule has 1 aliphatic rings. The van der Waals surface area contributed by atoms with Crippen molar-refractivity contribution < 1.29 is 24.0 Å². The van der Waals surface area contributed by atoms with Gasteiger partial charge in [0.15, 0.2) is 0 Å². The van der Waals surface area contributed by atoms with Crippen molar-refractivity contribution in [3.63, 3.8) is 0 Å². The zero-order valence-electron chi connectivity index (χ0n) is 10.8. The zero-order valence-corrected chi connectivity index (χ0v) is 10.8. The molecule has 0 saturated carbocycles. The monoisotopic (exact) mass is 257 g/mol. The second kappa shape index (κ2) is 6.98. The van der Waals surface area contributed by atoms with Gasteiger partial charge in [0.05, 0.1) is 0 Å². The maximum atomic E-state index is 11.3. The van der Waals surface area contributed by atoms with Gasteiger partial charge < -0.3 is 4.74 Å². The highest BCUT2D eigenvalue weighted by Gasteiger charge is 2.33. The van der Waals surface area contributed by atoms with Crippen LogP contribution >= 0.6 is 0 Å². The summed E-state index contributed by atoms with van der Waals surface area (Å²) in [6.45, 7) is 3.84. The average molecular weight is 257 g/mol. The van der Waals surface area contributed by atoms with Crippen molar-refractivity contribution >= 4 is 18.0 Å². The van der Waals surface area contributed by atoms with Gasteiger partial charge in [-0.25, -0.2) is 4.79 Å². The number of rotatable bonds is 6. The number of nitrogens with zero attached hydrogens (tertiary/aromatic N) is 1. The molecule has 1 unspecified atom stereocenters. The molecule has 6 nitrogen and oxygen atoms in total. The molecular formula is C12H19NO5. The van der Waals surface area contributed by atoms with E-state index in [2.05, 4.69) is 11.8 Å². The summed E-state index contributed by atoms with van der Waals surface area (Å²) in [4.78, 5) is 38.3. The molecule has 102 valence electrons. The van der Waals surface area contributed by atoms with Crippen molar-refractivity contribution in [3.05, 3.63) is 0 Å². The van der Waals surface area contributed by atoms with Gasteiger partial charge >= 0.3 is 6.16 Å². The molecule has 0 aromatic rings. The van der Waals surface area contributed by atoms with Crippen molar-refractivity contribution in [1.82, 2.24) is 5.06 Å². The summed E-state index contributed by atoms with van der Waals surface area (Å²) in [6, 6.07) is 0. The summed E-state index contributed by atoms with van der Waals surface area (Å²) >= 11 is 0. The Morgan fingerprint density at radius 1 is 1.28 bits per heavy atom. The molecule has 0 bridgehead atoms. The van der Waals surface area contributed by atoms with Gasteiger partial charge in [0.25, 0.3) is 11.8 Å². The molecule has 0 aromatic heterocycles. The standard InChI is InChI=1S/C12H19NO5/c1-3-4-5-6-9(2)17-12(16)18-13-10(14)7-8-11(13)15/h9H,3-8H2,1-2H3. The fourth-order valence-corrected chi connectivity index (χ4v) is 1.66. The Hall–Kier alpha value is -1.59. The normalized spacial score (nSPS) is 16.9. The Morgan fingerprint density at radius 3 is 2.44 bits per heavy atom. The van der Waals surface area contributed by atoms with E-state index < -0.39 is 18.0 Å². The van der Waals surface area contributed by atoms with Crippen molar-refractivity contribution in [3.8, 4) is 0 Å². The van der Waals surface area contributed by atoms with E-state index in [1.165, 1.54) is 0 Å². The average Bonchev–Trinajstić information content (AvgIpc) is 2.61. The first kappa shape index (κ1) is 14.5. The molecule has 1 heterocycles. The number of amides is 2. The minimum atomic E-state index is -0.998.